The maximum absolute atomic E-state index is 4.29. The van der Waals surface area contributed by atoms with Crippen LogP contribution in [0.1, 0.15) is 77.7 Å². The predicted molar refractivity (Wildman–Crippen MR) is 126 cm³/mol. The molecule has 6 rings (SSSR count). The van der Waals surface area contributed by atoms with E-state index in [4.69, 9.17) is 0 Å². The molecule has 0 N–H and O–H groups in total. The molecule has 0 unspecified atom stereocenters. The first-order chi connectivity index (χ1) is 14.5. The molecule has 3 fully saturated rings. The zero-order valence-corrected chi connectivity index (χ0v) is 19.0. The average molecular weight is 400 g/mol. The van der Waals surface area contributed by atoms with Crippen molar-refractivity contribution in [2.45, 2.75) is 72.1 Å². The molecular weight excluding hydrogens is 362 g/mol. The molecule has 0 spiro atoms. The van der Waals surface area contributed by atoms with Gasteiger partial charge in [0.15, 0.2) is 0 Å². The van der Waals surface area contributed by atoms with Gasteiger partial charge in [-0.1, -0.05) is 45.4 Å². The van der Waals surface area contributed by atoms with Crippen LogP contribution in [0.3, 0.4) is 0 Å². The van der Waals surface area contributed by atoms with Crippen molar-refractivity contribution < 1.29 is 0 Å². The summed E-state index contributed by atoms with van der Waals surface area (Å²) in [5.74, 6) is 4.72. The molecule has 1 heterocycles. The quantitative estimate of drug-likeness (QED) is 0.475. The number of pyridine rings is 1. The van der Waals surface area contributed by atoms with E-state index in [1.807, 2.05) is 12.4 Å². The summed E-state index contributed by atoms with van der Waals surface area (Å²) >= 11 is 0. The summed E-state index contributed by atoms with van der Waals surface area (Å²) in [4.78, 5) is 4.29. The van der Waals surface area contributed by atoms with Gasteiger partial charge in [0, 0.05) is 17.8 Å². The highest BCUT2D eigenvalue weighted by Crippen LogP contribution is 2.67. The molecule has 1 aromatic heterocycles. The molecule has 1 aromatic carbocycles. The van der Waals surface area contributed by atoms with Crippen molar-refractivity contribution in [2.75, 3.05) is 0 Å². The number of aromatic nitrogens is 1. The zero-order chi connectivity index (χ0) is 20.5. The Kier molecular flexibility index (Phi) is 4.25. The minimum atomic E-state index is 0.368. The summed E-state index contributed by atoms with van der Waals surface area (Å²) in [6, 6.07) is 9.22. The van der Waals surface area contributed by atoms with Crippen molar-refractivity contribution in [3.05, 3.63) is 48.3 Å². The molecule has 1 heteroatoms. The van der Waals surface area contributed by atoms with Crippen LogP contribution in [0, 0.1) is 40.4 Å². The third-order valence-electron chi connectivity index (χ3n) is 10.5. The van der Waals surface area contributed by atoms with Gasteiger partial charge in [-0.25, -0.2) is 0 Å². The molecule has 0 amide bonds. The molecule has 7 atom stereocenters. The summed E-state index contributed by atoms with van der Waals surface area (Å²) in [5.41, 5.74) is 4.10. The molecule has 1 nitrogen and oxygen atoms in total. The van der Waals surface area contributed by atoms with E-state index in [-0.39, 0.29) is 0 Å². The molecule has 0 saturated heterocycles. The normalized spacial score (nSPS) is 42.9. The minimum absolute atomic E-state index is 0.368. The highest BCUT2D eigenvalue weighted by molar-refractivity contribution is 5.86. The number of hydrogen-bond donors (Lipinski definition) is 0. The summed E-state index contributed by atoms with van der Waals surface area (Å²) < 4.78 is 0. The third kappa shape index (κ3) is 2.63. The average Bonchev–Trinajstić information content (AvgIpc) is 3.11. The van der Waals surface area contributed by atoms with Crippen LogP contribution in [-0.4, -0.2) is 4.98 Å². The Bertz CT molecular complexity index is 1000. The second-order valence-corrected chi connectivity index (χ2v) is 11.8. The first-order valence-corrected chi connectivity index (χ1v) is 12.5. The number of fused-ring (bicyclic) bond motifs is 6. The number of rotatable bonds is 1. The van der Waals surface area contributed by atoms with E-state index in [1.54, 1.807) is 5.57 Å². The molecule has 158 valence electrons. The fraction of sp³-hybridized carbons (Fsp3) is 0.621. The lowest BCUT2D eigenvalue weighted by Gasteiger charge is -2.61. The lowest BCUT2D eigenvalue weighted by Crippen LogP contribution is -2.52. The van der Waals surface area contributed by atoms with Gasteiger partial charge in [-0.3, -0.25) is 4.98 Å². The standard InChI is InChI=1S/C29H37N/c1-19-10-13-28(2)23(16-19)6-7-24-26-9-8-25(29(26,3)14-11-27(24)28)21-4-5-22-18-30-15-12-20(22)17-21/h4-5,8,12,15,17-19,23-24,26-27H,6-7,9-11,13-14,16H2,1-3H3/t19-,23-,24-,26-,27-,28-,29+/m0/s1. The van der Waals surface area contributed by atoms with E-state index in [0.717, 1.165) is 29.6 Å². The summed E-state index contributed by atoms with van der Waals surface area (Å²) in [7, 11) is 0. The van der Waals surface area contributed by atoms with Gasteiger partial charge >= 0.3 is 0 Å². The summed E-state index contributed by atoms with van der Waals surface area (Å²) in [6.07, 6.45) is 18.1. The molecular formula is C29H37N. The van der Waals surface area contributed by atoms with Crippen LogP contribution in [0.2, 0.25) is 0 Å². The fourth-order valence-electron chi connectivity index (χ4n) is 8.74. The van der Waals surface area contributed by atoms with Crippen molar-refractivity contribution >= 4 is 16.3 Å². The minimum Gasteiger partial charge on any atom is -0.264 e. The van der Waals surface area contributed by atoms with E-state index in [0.29, 0.717) is 10.8 Å². The van der Waals surface area contributed by atoms with E-state index in [2.05, 4.69) is 56.1 Å². The van der Waals surface area contributed by atoms with Crippen LogP contribution in [0.4, 0.5) is 0 Å². The van der Waals surface area contributed by atoms with Crippen LogP contribution < -0.4 is 0 Å². The van der Waals surface area contributed by atoms with E-state index < -0.39 is 0 Å². The predicted octanol–water partition coefficient (Wildman–Crippen LogP) is 7.91. The van der Waals surface area contributed by atoms with Crippen LogP contribution in [0.25, 0.3) is 16.3 Å². The Hall–Kier alpha value is -1.63. The van der Waals surface area contributed by atoms with Gasteiger partial charge in [0.05, 0.1) is 0 Å². The second kappa shape index (κ2) is 6.68. The summed E-state index contributed by atoms with van der Waals surface area (Å²) in [6.45, 7) is 7.81. The molecule has 0 aliphatic heterocycles. The van der Waals surface area contributed by atoms with Crippen molar-refractivity contribution in [1.82, 2.24) is 4.98 Å². The van der Waals surface area contributed by atoms with Crippen LogP contribution in [0.5, 0.6) is 0 Å². The van der Waals surface area contributed by atoms with E-state index in [1.165, 1.54) is 67.7 Å². The first kappa shape index (κ1) is 19.1. The van der Waals surface area contributed by atoms with E-state index >= 15 is 0 Å². The largest absolute Gasteiger partial charge is 0.264 e. The Morgan fingerprint density at radius 2 is 1.83 bits per heavy atom. The summed E-state index contributed by atoms with van der Waals surface area (Å²) in [5, 5.41) is 2.58. The van der Waals surface area contributed by atoms with Crippen molar-refractivity contribution in [1.29, 1.82) is 0 Å². The highest BCUT2D eigenvalue weighted by Gasteiger charge is 2.58. The Morgan fingerprint density at radius 3 is 2.73 bits per heavy atom. The molecule has 2 aromatic rings. The van der Waals surface area contributed by atoms with Gasteiger partial charge in [0.1, 0.15) is 0 Å². The Morgan fingerprint density at radius 1 is 0.933 bits per heavy atom. The Labute approximate surface area is 182 Å². The number of benzene rings is 1. The van der Waals surface area contributed by atoms with Crippen LogP contribution in [0.15, 0.2) is 42.7 Å². The zero-order valence-electron chi connectivity index (χ0n) is 19.0. The number of allylic oxidation sites excluding steroid dienone is 2. The number of nitrogens with zero attached hydrogens (tertiary/aromatic N) is 1. The van der Waals surface area contributed by atoms with Gasteiger partial charge in [0.2, 0.25) is 0 Å². The maximum atomic E-state index is 4.29. The molecule has 0 bridgehead atoms. The SMILES string of the molecule is C[C@H]1CC[C@@]2(C)[C@@H](CC[C@@H]3[C@@H]2CC[C@]2(C)C(c4ccc5cnccc5c4)=CC[C@@H]32)C1. The van der Waals surface area contributed by atoms with Crippen LogP contribution >= 0.6 is 0 Å². The van der Waals surface area contributed by atoms with E-state index in [9.17, 15) is 0 Å². The molecule has 0 radical (unpaired) electrons. The number of hydrogen-bond acceptors (Lipinski definition) is 1. The molecule has 30 heavy (non-hydrogen) atoms. The fourth-order valence-corrected chi connectivity index (χ4v) is 8.74. The van der Waals surface area contributed by atoms with Crippen molar-refractivity contribution in [2.24, 2.45) is 40.4 Å². The Balaban J connectivity index is 1.32. The monoisotopic (exact) mass is 399 g/mol. The molecule has 3 saturated carbocycles. The third-order valence-corrected chi connectivity index (χ3v) is 10.5. The smallest absolute Gasteiger partial charge is 0.0346 e. The lowest BCUT2D eigenvalue weighted by atomic mass is 9.44. The van der Waals surface area contributed by atoms with Crippen molar-refractivity contribution in [3.63, 3.8) is 0 Å². The van der Waals surface area contributed by atoms with Gasteiger partial charge < -0.3 is 0 Å². The second-order valence-electron chi connectivity index (χ2n) is 11.8. The topological polar surface area (TPSA) is 12.9 Å². The lowest BCUT2D eigenvalue weighted by molar-refractivity contribution is -0.103. The van der Waals surface area contributed by atoms with Crippen molar-refractivity contribution in [3.8, 4) is 0 Å². The van der Waals surface area contributed by atoms with Gasteiger partial charge in [0.25, 0.3) is 0 Å². The van der Waals surface area contributed by atoms with Crippen LogP contribution in [-0.2, 0) is 0 Å². The van der Waals surface area contributed by atoms with Gasteiger partial charge in [-0.2, -0.15) is 0 Å². The van der Waals surface area contributed by atoms with Gasteiger partial charge in [-0.05, 0) is 114 Å². The molecule has 4 aliphatic rings. The molecule has 4 aliphatic carbocycles. The van der Waals surface area contributed by atoms with Gasteiger partial charge in [-0.15, -0.1) is 0 Å². The highest BCUT2D eigenvalue weighted by atomic mass is 14.6. The first-order valence-electron chi connectivity index (χ1n) is 12.5. The maximum Gasteiger partial charge on any atom is 0.0346 e.